The Morgan fingerprint density at radius 2 is 1.74 bits per heavy atom. The summed E-state index contributed by atoms with van der Waals surface area (Å²) in [4.78, 5) is 17.0. The van der Waals surface area contributed by atoms with Crippen molar-refractivity contribution in [3.8, 4) is 0 Å². The quantitative estimate of drug-likeness (QED) is 0.149. The number of allylic oxidation sites excluding steroid dienone is 6. The first-order valence-electron chi connectivity index (χ1n) is 14.2. The van der Waals surface area contributed by atoms with Crippen molar-refractivity contribution in [2.75, 3.05) is 6.54 Å². The van der Waals surface area contributed by atoms with Crippen LogP contribution in [0.5, 0.6) is 0 Å². The predicted octanol–water partition coefficient (Wildman–Crippen LogP) is 7.86. The van der Waals surface area contributed by atoms with Gasteiger partial charge in [0.15, 0.2) is 5.78 Å². The minimum atomic E-state index is 0.0285. The molecule has 0 amide bonds. The van der Waals surface area contributed by atoms with Gasteiger partial charge in [-0.2, -0.15) is 0 Å². The number of nitrogens with zero attached hydrogens (tertiary/aromatic N) is 1. The number of Topliss-reactive ketones (excluding diaryl/α,β-unsaturated/α-hetero) is 1. The molecule has 38 heavy (non-hydrogen) atoms. The van der Waals surface area contributed by atoms with E-state index in [-0.39, 0.29) is 17.2 Å². The van der Waals surface area contributed by atoms with Gasteiger partial charge in [0.1, 0.15) is 0 Å². The molecule has 0 spiro atoms. The molecule has 0 aliphatic carbocycles. The fraction of sp³-hybridized carbons (Fsp3) is 0.529. The Hall–Kier alpha value is -2.72. The third kappa shape index (κ3) is 9.54. The van der Waals surface area contributed by atoms with Gasteiger partial charge in [-0.25, -0.2) is 0 Å². The van der Waals surface area contributed by atoms with Crippen LogP contribution in [0.25, 0.3) is 11.1 Å². The van der Waals surface area contributed by atoms with Crippen molar-refractivity contribution in [3.63, 3.8) is 0 Å². The van der Waals surface area contributed by atoms with Gasteiger partial charge in [0.05, 0.1) is 6.04 Å². The van der Waals surface area contributed by atoms with Crippen molar-refractivity contribution in [1.82, 2.24) is 0 Å². The molecule has 2 unspecified atom stereocenters. The number of ketones is 1. The molecule has 0 aliphatic rings. The highest BCUT2D eigenvalue weighted by molar-refractivity contribution is 6.10. The van der Waals surface area contributed by atoms with E-state index < -0.39 is 0 Å². The summed E-state index contributed by atoms with van der Waals surface area (Å²) in [7, 11) is 0. The monoisotopic (exact) mass is 519 g/mol. The van der Waals surface area contributed by atoms with Gasteiger partial charge < -0.3 is 11.5 Å². The van der Waals surface area contributed by atoms with Crippen LogP contribution in [0.4, 0.5) is 0 Å². The van der Waals surface area contributed by atoms with Gasteiger partial charge >= 0.3 is 0 Å². The molecule has 0 bridgehead atoms. The molecular weight excluding hydrogens is 466 g/mol. The zero-order chi connectivity index (χ0) is 29.0. The lowest BCUT2D eigenvalue weighted by Crippen LogP contribution is -2.20. The molecule has 4 nitrogen and oxygen atoms in total. The van der Waals surface area contributed by atoms with Crippen molar-refractivity contribution in [3.05, 3.63) is 70.5 Å². The first-order valence-corrected chi connectivity index (χ1v) is 14.2. The number of hydrogen-bond donors (Lipinski definition) is 2. The Bertz CT molecular complexity index is 1070. The summed E-state index contributed by atoms with van der Waals surface area (Å²) in [5, 5.41) is 0. The van der Waals surface area contributed by atoms with Crippen LogP contribution in [0.15, 0.2) is 53.2 Å². The van der Waals surface area contributed by atoms with Crippen LogP contribution in [-0.4, -0.2) is 24.6 Å². The number of aryl methyl sites for hydroxylation is 1. The standard InChI is InChI=1S/C34H53N3O/c1-11-14-30(15-16-35)37-22-29(21-36)33-20-28(18-25(6)34(8,9)10)32(19-27(33)12-2)24(5)17-23(4)31(13-3)26(7)38/h13,17,19-22,25,30H,4,11-12,14-16,18,35-36H2,1-3,5-10H3/b24-17+,29-21?,31-13+,37-22?. The number of aliphatic imine (C=N–C) groups is 1. The van der Waals surface area contributed by atoms with E-state index in [1.165, 1.54) is 16.7 Å². The number of nitrogens with two attached hydrogens (primary N) is 2. The Morgan fingerprint density at radius 3 is 2.21 bits per heavy atom. The molecule has 0 aromatic heterocycles. The van der Waals surface area contributed by atoms with Crippen molar-refractivity contribution >= 4 is 23.1 Å². The van der Waals surface area contributed by atoms with E-state index in [0.29, 0.717) is 18.0 Å². The lowest BCUT2D eigenvalue weighted by atomic mass is 9.76. The first-order chi connectivity index (χ1) is 17.8. The average Bonchev–Trinajstić information content (AvgIpc) is 2.84. The fourth-order valence-electron chi connectivity index (χ4n) is 4.66. The van der Waals surface area contributed by atoms with E-state index in [4.69, 9.17) is 16.5 Å². The van der Waals surface area contributed by atoms with E-state index >= 15 is 0 Å². The minimum absolute atomic E-state index is 0.0285. The number of rotatable bonds is 14. The molecule has 0 heterocycles. The third-order valence-electron chi connectivity index (χ3n) is 7.58. The zero-order valence-corrected chi connectivity index (χ0v) is 25.6. The van der Waals surface area contributed by atoms with Gasteiger partial charge in [-0.05, 0) is 97.7 Å². The molecule has 0 aliphatic heterocycles. The topological polar surface area (TPSA) is 81.5 Å². The molecule has 2 atom stereocenters. The summed E-state index contributed by atoms with van der Waals surface area (Å²) in [6.45, 7) is 23.9. The van der Waals surface area contributed by atoms with Crippen LogP contribution in [-0.2, 0) is 17.6 Å². The van der Waals surface area contributed by atoms with E-state index in [1.54, 1.807) is 13.1 Å². The summed E-state index contributed by atoms with van der Waals surface area (Å²) in [6.07, 6.45) is 12.3. The third-order valence-corrected chi connectivity index (χ3v) is 7.58. The molecule has 1 aromatic carbocycles. The molecule has 210 valence electrons. The summed E-state index contributed by atoms with van der Waals surface area (Å²) < 4.78 is 0. The molecule has 1 rings (SSSR count). The second kappa shape index (κ2) is 15.6. The number of hydrogen-bond acceptors (Lipinski definition) is 4. The van der Waals surface area contributed by atoms with Gasteiger partial charge in [-0.1, -0.05) is 78.8 Å². The molecule has 4 heteroatoms. The first kappa shape index (κ1) is 33.3. The van der Waals surface area contributed by atoms with Crippen LogP contribution in [0.2, 0.25) is 0 Å². The smallest absolute Gasteiger partial charge is 0.160 e. The van der Waals surface area contributed by atoms with Gasteiger partial charge in [-0.15, -0.1) is 0 Å². The summed E-state index contributed by atoms with van der Waals surface area (Å²) in [5.74, 6) is 0.485. The maximum Gasteiger partial charge on any atom is 0.160 e. The number of carbonyl (C=O) groups is 1. The van der Waals surface area contributed by atoms with Gasteiger partial charge in [0, 0.05) is 23.6 Å². The minimum Gasteiger partial charge on any atom is -0.404 e. The fourth-order valence-corrected chi connectivity index (χ4v) is 4.66. The van der Waals surface area contributed by atoms with E-state index in [2.05, 4.69) is 67.2 Å². The maximum atomic E-state index is 12.1. The SMILES string of the molecule is C=C(/C=C(\C)c1cc(CC)c(C(C=NC(CCC)CCN)=CN)cc1CC(C)C(C)(C)C)/C(=C\C)C(C)=O. The lowest BCUT2D eigenvalue weighted by Gasteiger charge is -2.29. The zero-order valence-electron chi connectivity index (χ0n) is 25.6. The summed E-state index contributed by atoms with van der Waals surface area (Å²) >= 11 is 0. The van der Waals surface area contributed by atoms with Crippen LogP contribution >= 0.6 is 0 Å². The average molecular weight is 520 g/mol. The van der Waals surface area contributed by atoms with Crippen molar-refractivity contribution < 1.29 is 4.79 Å². The van der Waals surface area contributed by atoms with Crippen molar-refractivity contribution in [2.24, 2.45) is 27.8 Å². The van der Waals surface area contributed by atoms with Crippen molar-refractivity contribution in [1.29, 1.82) is 0 Å². The Labute approximate surface area is 233 Å². The Morgan fingerprint density at radius 1 is 1.11 bits per heavy atom. The van der Waals surface area contributed by atoms with Crippen LogP contribution in [0, 0.1) is 11.3 Å². The van der Waals surface area contributed by atoms with Gasteiger partial charge in [0.2, 0.25) is 0 Å². The number of benzene rings is 1. The van der Waals surface area contributed by atoms with Gasteiger partial charge in [-0.3, -0.25) is 9.79 Å². The molecule has 0 saturated heterocycles. The Balaban J connectivity index is 3.75. The number of carbonyl (C=O) groups excluding carboxylic acids is 1. The normalized spacial score (nSPS) is 15.2. The summed E-state index contributed by atoms with van der Waals surface area (Å²) in [5.41, 5.74) is 20.4. The van der Waals surface area contributed by atoms with Crippen LogP contribution in [0.1, 0.15) is 104 Å². The molecule has 0 saturated carbocycles. The molecule has 0 fully saturated rings. The lowest BCUT2D eigenvalue weighted by molar-refractivity contribution is -0.113. The van der Waals surface area contributed by atoms with E-state index in [0.717, 1.165) is 54.4 Å². The molecule has 4 N–H and O–H groups in total. The van der Waals surface area contributed by atoms with Crippen LogP contribution in [0.3, 0.4) is 0 Å². The molecular formula is C34H53N3O. The largest absolute Gasteiger partial charge is 0.404 e. The second-order valence-electron chi connectivity index (χ2n) is 11.5. The predicted molar refractivity (Wildman–Crippen MR) is 168 cm³/mol. The second-order valence-corrected chi connectivity index (χ2v) is 11.5. The summed E-state index contributed by atoms with van der Waals surface area (Å²) in [6, 6.07) is 4.81. The van der Waals surface area contributed by atoms with Crippen molar-refractivity contribution in [2.45, 2.75) is 100 Å². The Kier molecular flexibility index (Phi) is 13.7. The highest BCUT2D eigenvalue weighted by Crippen LogP contribution is 2.34. The van der Waals surface area contributed by atoms with Crippen LogP contribution < -0.4 is 11.5 Å². The van der Waals surface area contributed by atoms with E-state index in [9.17, 15) is 4.79 Å². The molecule has 0 radical (unpaired) electrons. The highest BCUT2D eigenvalue weighted by Gasteiger charge is 2.23. The molecule has 1 aromatic rings. The van der Waals surface area contributed by atoms with Gasteiger partial charge in [0.25, 0.3) is 0 Å². The highest BCUT2D eigenvalue weighted by atomic mass is 16.1. The maximum absolute atomic E-state index is 12.1. The van der Waals surface area contributed by atoms with E-state index in [1.807, 2.05) is 25.3 Å².